The fourth-order valence-corrected chi connectivity index (χ4v) is 4.81. The van der Waals surface area contributed by atoms with E-state index in [0.29, 0.717) is 35.7 Å². The molecule has 1 amide bonds. The molecule has 166 valence electrons. The van der Waals surface area contributed by atoms with Crippen molar-refractivity contribution >= 4 is 28.7 Å². The predicted octanol–water partition coefficient (Wildman–Crippen LogP) is 3.52. The summed E-state index contributed by atoms with van der Waals surface area (Å²) < 4.78 is 10.5. The first-order chi connectivity index (χ1) is 15.4. The van der Waals surface area contributed by atoms with Gasteiger partial charge in [0, 0.05) is 29.5 Å². The van der Waals surface area contributed by atoms with Crippen LogP contribution in [0.1, 0.15) is 32.9 Å². The molecule has 3 aromatic rings. The van der Waals surface area contributed by atoms with Crippen LogP contribution in [0, 0.1) is 6.92 Å². The van der Waals surface area contributed by atoms with Crippen LogP contribution < -0.4 is 14.4 Å². The summed E-state index contributed by atoms with van der Waals surface area (Å²) in [5, 5.41) is 11.5. The van der Waals surface area contributed by atoms with Crippen LogP contribution >= 0.6 is 11.3 Å². The number of hydrogen-bond acceptors (Lipinski definition) is 7. The highest BCUT2D eigenvalue weighted by Gasteiger charge is 2.50. The minimum atomic E-state index is -1.94. The maximum atomic E-state index is 13.4. The summed E-state index contributed by atoms with van der Waals surface area (Å²) in [7, 11) is 2.98. The molecule has 0 aliphatic carbocycles. The molecular formula is C24H24N2O5S. The Bertz CT molecular complexity index is 1170. The van der Waals surface area contributed by atoms with Gasteiger partial charge in [0.2, 0.25) is 0 Å². The molecule has 8 heteroatoms. The molecule has 4 rings (SSSR count). The van der Waals surface area contributed by atoms with Crippen LogP contribution in [-0.4, -0.2) is 42.5 Å². The van der Waals surface area contributed by atoms with E-state index in [9.17, 15) is 14.7 Å². The fourth-order valence-electron chi connectivity index (χ4n) is 4.04. The fraction of sp³-hybridized carbons (Fsp3) is 0.292. The molecule has 0 saturated heterocycles. The molecule has 0 fully saturated rings. The topological polar surface area (TPSA) is 89.0 Å². The number of rotatable bonds is 8. The molecule has 0 spiro atoms. The number of carbonyl (C=O) groups is 2. The summed E-state index contributed by atoms with van der Waals surface area (Å²) in [5.41, 5.74) is 2.12. The third kappa shape index (κ3) is 3.76. The Kier molecular flexibility index (Phi) is 5.99. The van der Waals surface area contributed by atoms with E-state index in [-0.39, 0.29) is 12.0 Å². The van der Waals surface area contributed by atoms with Crippen LogP contribution in [0.5, 0.6) is 11.5 Å². The highest BCUT2D eigenvalue weighted by Crippen LogP contribution is 2.43. The smallest absolute Gasteiger partial charge is 0.264 e. The van der Waals surface area contributed by atoms with E-state index < -0.39 is 17.3 Å². The van der Waals surface area contributed by atoms with E-state index in [0.717, 1.165) is 10.6 Å². The van der Waals surface area contributed by atoms with Crippen LogP contribution in [-0.2, 0) is 16.8 Å². The number of benzene rings is 2. The Labute approximate surface area is 190 Å². The van der Waals surface area contributed by atoms with Crippen molar-refractivity contribution in [3.05, 3.63) is 69.7 Å². The summed E-state index contributed by atoms with van der Waals surface area (Å²) in [6, 6.07) is 11.9. The zero-order valence-electron chi connectivity index (χ0n) is 18.1. The molecule has 1 aliphatic heterocycles. The van der Waals surface area contributed by atoms with Gasteiger partial charge in [0.15, 0.2) is 11.4 Å². The molecule has 0 radical (unpaired) electrons. The molecule has 0 bridgehead atoms. The third-order valence-electron chi connectivity index (χ3n) is 5.77. The van der Waals surface area contributed by atoms with E-state index in [2.05, 4.69) is 4.98 Å². The molecule has 0 saturated carbocycles. The first-order valence-electron chi connectivity index (χ1n) is 10.2. The van der Waals surface area contributed by atoms with Crippen LogP contribution in [0.15, 0.2) is 48.0 Å². The van der Waals surface area contributed by atoms with Crippen molar-refractivity contribution in [3.8, 4) is 11.5 Å². The van der Waals surface area contributed by atoms with Gasteiger partial charge in [-0.3, -0.25) is 9.59 Å². The maximum Gasteiger partial charge on any atom is 0.264 e. The van der Waals surface area contributed by atoms with Gasteiger partial charge in [-0.05, 0) is 25.1 Å². The molecular weight excluding hydrogens is 428 g/mol. The van der Waals surface area contributed by atoms with Gasteiger partial charge in [-0.1, -0.05) is 18.2 Å². The molecule has 7 nitrogen and oxygen atoms in total. The Morgan fingerprint density at radius 3 is 2.66 bits per heavy atom. The predicted molar refractivity (Wildman–Crippen MR) is 122 cm³/mol. The molecule has 1 atom stereocenters. The number of ether oxygens (including phenoxy) is 2. The molecule has 1 N–H and O–H groups in total. The van der Waals surface area contributed by atoms with Crippen LogP contribution in [0.2, 0.25) is 0 Å². The van der Waals surface area contributed by atoms with E-state index in [1.165, 1.54) is 14.2 Å². The number of hydrogen-bond donors (Lipinski definition) is 1. The quantitative estimate of drug-likeness (QED) is 0.526. The van der Waals surface area contributed by atoms with Crippen molar-refractivity contribution in [2.75, 3.05) is 25.7 Å². The highest BCUT2D eigenvalue weighted by atomic mass is 32.1. The SMILES string of the molecule is COc1ccc(C(=O)C[C@@]2(O)C(=O)N(CCc3scnc3C)c3ccccc32)c(OC)c1. The number of ketones is 1. The summed E-state index contributed by atoms with van der Waals surface area (Å²) in [5.74, 6) is -0.0184. The number of methoxy groups -OCH3 is 2. The van der Waals surface area contributed by atoms with Crippen molar-refractivity contribution in [1.29, 1.82) is 0 Å². The number of para-hydroxylation sites is 1. The van der Waals surface area contributed by atoms with Gasteiger partial charge in [0.1, 0.15) is 11.5 Å². The first-order valence-corrected chi connectivity index (χ1v) is 11.0. The number of nitrogens with zero attached hydrogens (tertiary/aromatic N) is 2. The summed E-state index contributed by atoms with van der Waals surface area (Å²) in [6.45, 7) is 2.32. The number of fused-ring (bicyclic) bond motifs is 1. The van der Waals surface area contributed by atoms with E-state index in [4.69, 9.17) is 9.47 Å². The van der Waals surface area contributed by atoms with Crippen molar-refractivity contribution < 1.29 is 24.2 Å². The summed E-state index contributed by atoms with van der Waals surface area (Å²) in [6.07, 6.45) is 0.231. The molecule has 2 heterocycles. The first kappa shape index (κ1) is 22.0. The minimum absolute atomic E-state index is 0.283. The van der Waals surface area contributed by atoms with Crippen molar-refractivity contribution in [3.63, 3.8) is 0 Å². The number of thiazole rings is 1. The second-order valence-electron chi connectivity index (χ2n) is 7.61. The maximum absolute atomic E-state index is 13.4. The zero-order valence-corrected chi connectivity index (χ0v) is 18.9. The van der Waals surface area contributed by atoms with Crippen molar-refractivity contribution in [2.45, 2.75) is 25.4 Å². The number of carbonyl (C=O) groups excluding carboxylic acids is 2. The molecule has 32 heavy (non-hydrogen) atoms. The van der Waals surface area contributed by atoms with E-state index >= 15 is 0 Å². The van der Waals surface area contributed by atoms with Gasteiger partial charge in [-0.15, -0.1) is 11.3 Å². The van der Waals surface area contributed by atoms with E-state index in [1.807, 2.05) is 13.0 Å². The second kappa shape index (κ2) is 8.72. The standard InChI is InChI=1S/C24H24N2O5S/c1-15-22(32-14-25-15)10-11-26-19-7-5-4-6-18(19)24(29,23(26)28)13-20(27)17-9-8-16(30-2)12-21(17)31-3/h4-9,12,14,29H,10-11,13H2,1-3H3/t24-/m0/s1. The molecule has 1 aromatic heterocycles. The van der Waals surface area contributed by atoms with Gasteiger partial charge < -0.3 is 19.5 Å². The third-order valence-corrected chi connectivity index (χ3v) is 6.77. The summed E-state index contributed by atoms with van der Waals surface area (Å²) >= 11 is 1.54. The minimum Gasteiger partial charge on any atom is -0.497 e. The van der Waals surface area contributed by atoms with Crippen LogP contribution in [0.3, 0.4) is 0 Å². The lowest BCUT2D eigenvalue weighted by Gasteiger charge is -2.23. The Morgan fingerprint density at radius 2 is 1.97 bits per heavy atom. The van der Waals surface area contributed by atoms with Gasteiger partial charge >= 0.3 is 0 Å². The molecule has 1 aliphatic rings. The zero-order chi connectivity index (χ0) is 22.9. The average Bonchev–Trinajstić information content (AvgIpc) is 3.31. The van der Waals surface area contributed by atoms with Crippen molar-refractivity contribution in [2.24, 2.45) is 0 Å². The lowest BCUT2D eigenvalue weighted by molar-refractivity contribution is -0.135. The lowest BCUT2D eigenvalue weighted by atomic mass is 9.88. The Hall–Kier alpha value is -3.23. The summed E-state index contributed by atoms with van der Waals surface area (Å²) in [4.78, 5) is 33.5. The number of amides is 1. The second-order valence-corrected chi connectivity index (χ2v) is 8.55. The number of aromatic nitrogens is 1. The number of Topliss-reactive ketones (excluding diaryl/α,β-unsaturated/α-hetero) is 1. The largest absolute Gasteiger partial charge is 0.497 e. The number of aliphatic hydroxyl groups is 1. The van der Waals surface area contributed by atoms with Gasteiger partial charge in [-0.25, -0.2) is 4.98 Å². The number of aryl methyl sites for hydroxylation is 1. The Balaban J connectivity index is 1.63. The molecule has 0 unspecified atom stereocenters. The van der Waals surface area contributed by atoms with Gasteiger partial charge in [-0.2, -0.15) is 0 Å². The van der Waals surface area contributed by atoms with Crippen LogP contribution in [0.25, 0.3) is 0 Å². The normalized spacial score (nSPS) is 17.4. The number of anilines is 1. The molecule has 2 aromatic carbocycles. The highest BCUT2D eigenvalue weighted by molar-refractivity contribution is 7.09. The van der Waals surface area contributed by atoms with Gasteiger partial charge in [0.25, 0.3) is 5.91 Å². The average molecular weight is 453 g/mol. The van der Waals surface area contributed by atoms with Gasteiger partial charge in [0.05, 0.1) is 43.1 Å². The van der Waals surface area contributed by atoms with Crippen molar-refractivity contribution in [1.82, 2.24) is 4.98 Å². The monoisotopic (exact) mass is 452 g/mol. The lowest BCUT2D eigenvalue weighted by Crippen LogP contribution is -2.42. The van der Waals surface area contributed by atoms with Crippen LogP contribution in [0.4, 0.5) is 5.69 Å². The Morgan fingerprint density at radius 1 is 1.19 bits per heavy atom. The van der Waals surface area contributed by atoms with E-state index in [1.54, 1.807) is 58.1 Å².